The molecule has 0 N–H and O–H groups in total. The largest absolute Gasteiger partial charge is 0.495 e. The summed E-state index contributed by atoms with van der Waals surface area (Å²) in [7, 11) is -2.02. The van der Waals surface area contributed by atoms with Crippen molar-refractivity contribution < 1.29 is 17.9 Å². The van der Waals surface area contributed by atoms with E-state index in [0.29, 0.717) is 43.0 Å². The molecule has 3 heterocycles. The number of carbonyl (C=O) groups is 1. The number of methoxy groups -OCH3 is 1. The van der Waals surface area contributed by atoms with Crippen molar-refractivity contribution in [2.24, 2.45) is 0 Å². The normalized spacial score (nSPS) is 14.1. The molecule has 5 rings (SSSR count). The predicted molar refractivity (Wildman–Crippen MR) is 138 cm³/mol. The molecule has 1 aliphatic rings. The van der Waals surface area contributed by atoms with Gasteiger partial charge in [0.1, 0.15) is 5.75 Å². The molecule has 1 fully saturated rings. The van der Waals surface area contributed by atoms with E-state index in [4.69, 9.17) is 4.74 Å². The van der Waals surface area contributed by atoms with Crippen LogP contribution in [0.5, 0.6) is 5.75 Å². The van der Waals surface area contributed by atoms with Crippen molar-refractivity contribution in [3.05, 3.63) is 90.4 Å². The molecule has 0 atom stereocenters. The number of amides is 1. The number of sulfone groups is 1. The fourth-order valence-electron chi connectivity index (χ4n) is 4.46. The Balaban J connectivity index is 1.25. The highest BCUT2D eigenvalue weighted by Gasteiger charge is 2.25. The lowest BCUT2D eigenvalue weighted by Crippen LogP contribution is -2.48. The number of ether oxygens (including phenoxy) is 1. The molecule has 8 nitrogen and oxygen atoms in total. The highest BCUT2D eigenvalue weighted by Crippen LogP contribution is 2.28. The summed E-state index contributed by atoms with van der Waals surface area (Å²) in [6.07, 6.45) is 3.04. The molecule has 184 valence electrons. The Labute approximate surface area is 210 Å². The number of piperazine rings is 1. The third kappa shape index (κ3) is 4.74. The van der Waals surface area contributed by atoms with Gasteiger partial charge in [-0.15, -0.1) is 0 Å². The summed E-state index contributed by atoms with van der Waals surface area (Å²) in [5, 5.41) is 0.762. The zero-order chi connectivity index (χ0) is 25.1. The quantitative estimate of drug-likeness (QED) is 0.398. The second kappa shape index (κ2) is 9.94. The first-order valence-electron chi connectivity index (χ1n) is 11.6. The van der Waals surface area contributed by atoms with Crippen LogP contribution < -0.4 is 9.64 Å². The fourth-order valence-corrected chi connectivity index (χ4v) is 5.93. The van der Waals surface area contributed by atoms with E-state index in [1.54, 1.807) is 48.5 Å². The summed E-state index contributed by atoms with van der Waals surface area (Å²) in [4.78, 5) is 25.8. The van der Waals surface area contributed by atoms with Gasteiger partial charge >= 0.3 is 0 Å². The van der Waals surface area contributed by atoms with Gasteiger partial charge in [-0.3, -0.25) is 14.8 Å². The van der Waals surface area contributed by atoms with Crippen molar-refractivity contribution in [3.63, 3.8) is 0 Å². The number of hydrogen-bond donors (Lipinski definition) is 0. The van der Waals surface area contributed by atoms with E-state index in [2.05, 4.69) is 14.9 Å². The minimum absolute atomic E-state index is 0.116. The number of carbonyl (C=O) groups excluding carboxylic acids is 1. The van der Waals surface area contributed by atoms with Gasteiger partial charge in [0.2, 0.25) is 0 Å². The fraction of sp³-hybridized carbons (Fsp3) is 0.222. The predicted octanol–water partition coefficient (Wildman–Crippen LogP) is 3.57. The van der Waals surface area contributed by atoms with Crippen LogP contribution in [-0.2, 0) is 15.6 Å². The van der Waals surface area contributed by atoms with Crippen LogP contribution in [0.1, 0.15) is 16.1 Å². The molecule has 0 spiro atoms. The van der Waals surface area contributed by atoms with Gasteiger partial charge in [0.05, 0.1) is 40.2 Å². The van der Waals surface area contributed by atoms with Gasteiger partial charge in [0.15, 0.2) is 9.84 Å². The monoisotopic (exact) mass is 502 g/mol. The summed E-state index contributed by atoms with van der Waals surface area (Å²) in [5.41, 5.74) is 2.27. The lowest BCUT2D eigenvalue weighted by atomic mass is 10.2. The molecule has 4 aromatic rings. The van der Waals surface area contributed by atoms with Crippen LogP contribution in [0.15, 0.2) is 84.0 Å². The van der Waals surface area contributed by atoms with Crippen LogP contribution in [-0.4, -0.2) is 62.5 Å². The Kier molecular flexibility index (Phi) is 6.56. The molecule has 0 bridgehead atoms. The van der Waals surface area contributed by atoms with E-state index in [-0.39, 0.29) is 16.6 Å². The summed E-state index contributed by atoms with van der Waals surface area (Å²) < 4.78 is 31.7. The highest BCUT2D eigenvalue weighted by molar-refractivity contribution is 7.90. The van der Waals surface area contributed by atoms with Crippen LogP contribution in [0.4, 0.5) is 5.69 Å². The van der Waals surface area contributed by atoms with E-state index >= 15 is 0 Å². The number of nitrogens with zero attached hydrogens (tertiary/aromatic N) is 4. The Morgan fingerprint density at radius 3 is 2.44 bits per heavy atom. The maximum absolute atomic E-state index is 13.1. The van der Waals surface area contributed by atoms with E-state index in [9.17, 15) is 13.2 Å². The lowest BCUT2D eigenvalue weighted by molar-refractivity contribution is 0.0746. The van der Waals surface area contributed by atoms with Crippen molar-refractivity contribution in [1.29, 1.82) is 0 Å². The highest BCUT2D eigenvalue weighted by atomic mass is 32.2. The smallest absolute Gasteiger partial charge is 0.255 e. The van der Waals surface area contributed by atoms with Gasteiger partial charge in [0.25, 0.3) is 5.91 Å². The molecule has 36 heavy (non-hydrogen) atoms. The minimum Gasteiger partial charge on any atom is -0.495 e. The number of fused-ring (bicyclic) bond motifs is 1. The summed E-state index contributed by atoms with van der Waals surface area (Å²) in [6.45, 7) is 2.52. The van der Waals surface area contributed by atoms with E-state index in [1.807, 2.05) is 36.4 Å². The van der Waals surface area contributed by atoms with Crippen molar-refractivity contribution >= 4 is 32.3 Å². The van der Waals surface area contributed by atoms with Gasteiger partial charge in [-0.05, 0) is 36.4 Å². The zero-order valence-electron chi connectivity index (χ0n) is 19.9. The Hall–Kier alpha value is -3.98. The van der Waals surface area contributed by atoms with E-state index in [0.717, 1.165) is 16.8 Å². The molecule has 1 saturated heterocycles. The number of para-hydroxylation sites is 3. The van der Waals surface area contributed by atoms with E-state index < -0.39 is 9.84 Å². The Morgan fingerprint density at radius 2 is 1.69 bits per heavy atom. The number of aromatic nitrogens is 2. The molecule has 2 aromatic heterocycles. The number of rotatable bonds is 6. The number of benzene rings is 2. The lowest BCUT2D eigenvalue weighted by Gasteiger charge is -2.36. The summed E-state index contributed by atoms with van der Waals surface area (Å²) in [6, 6.07) is 19.8. The average Bonchev–Trinajstić information content (AvgIpc) is 2.92. The Bertz CT molecular complexity index is 1490. The molecule has 0 aliphatic carbocycles. The Morgan fingerprint density at radius 1 is 0.917 bits per heavy atom. The van der Waals surface area contributed by atoms with Gasteiger partial charge in [0, 0.05) is 44.0 Å². The summed E-state index contributed by atoms with van der Waals surface area (Å²) >= 11 is 0. The van der Waals surface area contributed by atoms with E-state index in [1.165, 1.54) is 6.20 Å². The second-order valence-electron chi connectivity index (χ2n) is 8.58. The van der Waals surface area contributed by atoms with Crippen molar-refractivity contribution in [2.45, 2.75) is 10.6 Å². The number of pyridine rings is 2. The molecular weight excluding hydrogens is 476 g/mol. The van der Waals surface area contributed by atoms with Gasteiger partial charge < -0.3 is 14.5 Å². The van der Waals surface area contributed by atoms with Crippen LogP contribution in [0.25, 0.3) is 10.9 Å². The molecule has 1 amide bonds. The summed E-state index contributed by atoms with van der Waals surface area (Å²) in [5.74, 6) is 0.426. The maximum atomic E-state index is 13.1. The van der Waals surface area contributed by atoms with Crippen LogP contribution >= 0.6 is 0 Å². The van der Waals surface area contributed by atoms with Crippen molar-refractivity contribution in [3.8, 4) is 5.75 Å². The van der Waals surface area contributed by atoms with Gasteiger partial charge in [-0.2, -0.15) is 0 Å². The first-order valence-corrected chi connectivity index (χ1v) is 13.3. The third-order valence-electron chi connectivity index (χ3n) is 6.33. The molecule has 0 radical (unpaired) electrons. The molecular formula is C27H26N4O4S. The minimum atomic E-state index is -3.67. The molecule has 9 heteroatoms. The third-order valence-corrected chi connectivity index (χ3v) is 8.01. The second-order valence-corrected chi connectivity index (χ2v) is 10.5. The first-order chi connectivity index (χ1) is 17.5. The molecule has 2 aromatic carbocycles. The van der Waals surface area contributed by atoms with Gasteiger partial charge in [-0.25, -0.2) is 8.42 Å². The van der Waals surface area contributed by atoms with Crippen LogP contribution in [0.2, 0.25) is 0 Å². The van der Waals surface area contributed by atoms with Gasteiger partial charge in [-0.1, -0.05) is 30.3 Å². The maximum Gasteiger partial charge on any atom is 0.255 e. The van der Waals surface area contributed by atoms with Crippen LogP contribution in [0.3, 0.4) is 0 Å². The SMILES string of the molecule is COc1ccccc1N1CCN(C(=O)c2ccc(CS(=O)(=O)c3cccc4cccnc34)nc2)CC1. The molecule has 1 aliphatic heterocycles. The van der Waals surface area contributed by atoms with Crippen LogP contribution in [0, 0.1) is 0 Å². The zero-order valence-corrected chi connectivity index (χ0v) is 20.7. The standard InChI is InChI=1S/C27H26N4O4S/c1-35-24-9-3-2-8-23(24)30-14-16-31(17-15-30)27(32)21-11-12-22(29-18-21)19-36(33,34)25-10-4-6-20-7-5-13-28-26(20)25/h2-13,18H,14-17,19H2,1H3. The first kappa shape index (κ1) is 23.7. The molecule has 0 unspecified atom stereocenters. The number of hydrogen-bond acceptors (Lipinski definition) is 7. The molecule has 0 saturated carbocycles. The number of anilines is 1. The van der Waals surface area contributed by atoms with Crippen molar-refractivity contribution in [2.75, 3.05) is 38.2 Å². The van der Waals surface area contributed by atoms with Crippen molar-refractivity contribution in [1.82, 2.24) is 14.9 Å². The topological polar surface area (TPSA) is 92.7 Å². The average molecular weight is 503 g/mol.